The zero-order chi connectivity index (χ0) is 11.0. The summed E-state index contributed by atoms with van der Waals surface area (Å²) < 4.78 is 13.0. The van der Waals surface area contributed by atoms with Gasteiger partial charge in [-0.15, -0.1) is 0 Å². The average Bonchev–Trinajstić information content (AvgIpc) is 2.15. The Morgan fingerprint density at radius 1 is 1.53 bits per heavy atom. The Morgan fingerprint density at radius 2 is 2.27 bits per heavy atom. The molecule has 2 rings (SSSR count). The van der Waals surface area contributed by atoms with Crippen LogP contribution in [0.4, 0.5) is 10.1 Å². The van der Waals surface area contributed by atoms with E-state index in [0.717, 1.165) is 24.2 Å². The number of amides is 1. The van der Waals surface area contributed by atoms with Gasteiger partial charge in [0.2, 0.25) is 5.91 Å². The van der Waals surface area contributed by atoms with Gasteiger partial charge in [0, 0.05) is 19.2 Å². The Bertz CT molecular complexity index is 403. The molecule has 1 amide bonds. The molecule has 0 saturated carbocycles. The van der Waals surface area contributed by atoms with Crippen molar-refractivity contribution in [3.63, 3.8) is 0 Å². The van der Waals surface area contributed by atoms with Crippen molar-refractivity contribution < 1.29 is 9.18 Å². The van der Waals surface area contributed by atoms with Crippen molar-refractivity contribution in [1.82, 2.24) is 0 Å². The summed E-state index contributed by atoms with van der Waals surface area (Å²) >= 11 is 0. The minimum Gasteiger partial charge on any atom is -0.312 e. The Hall–Kier alpha value is -1.38. The van der Waals surface area contributed by atoms with E-state index in [1.54, 1.807) is 17.9 Å². The molecule has 0 radical (unpaired) electrons. The van der Waals surface area contributed by atoms with Crippen LogP contribution in [0.25, 0.3) is 0 Å². The molecular formula is C12H14FNO. The summed E-state index contributed by atoms with van der Waals surface area (Å²) in [5, 5.41) is 0. The van der Waals surface area contributed by atoms with Crippen LogP contribution in [0, 0.1) is 11.7 Å². The maximum Gasteiger partial charge on any atom is 0.223 e. The number of nitrogens with zero attached hydrogens (tertiary/aromatic N) is 1. The summed E-state index contributed by atoms with van der Waals surface area (Å²) in [6.45, 7) is 4.35. The maximum absolute atomic E-state index is 13.0. The second-order valence-electron chi connectivity index (χ2n) is 4.21. The highest BCUT2D eigenvalue weighted by Crippen LogP contribution is 2.30. The third kappa shape index (κ3) is 1.87. The summed E-state index contributed by atoms with van der Waals surface area (Å²) in [5.41, 5.74) is 1.80. The van der Waals surface area contributed by atoms with Crippen molar-refractivity contribution in [2.45, 2.75) is 20.3 Å². The molecule has 1 unspecified atom stereocenters. The van der Waals surface area contributed by atoms with Gasteiger partial charge in [0.1, 0.15) is 5.82 Å². The zero-order valence-corrected chi connectivity index (χ0v) is 8.96. The summed E-state index contributed by atoms with van der Waals surface area (Å²) in [6, 6.07) is 4.63. The Morgan fingerprint density at radius 3 is 2.93 bits per heavy atom. The topological polar surface area (TPSA) is 20.3 Å². The zero-order valence-electron chi connectivity index (χ0n) is 8.96. The van der Waals surface area contributed by atoms with Gasteiger partial charge in [-0.2, -0.15) is 0 Å². The van der Waals surface area contributed by atoms with E-state index in [9.17, 15) is 9.18 Å². The third-order valence-corrected chi connectivity index (χ3v) is 2.78. The quantitative estimate of drug-likeness (QED) is 0.639. The van der Waals surface area contributed by atoms with Crippen LogP contribution in [0.15, 0.2) is 18.2 Å². The van der Waals surface area contributed by atoms with Crippen molar-refractivity contribution in [2.24, 2.45) is 5.92 Å². The fourth-order valence-electron chi connectivity index (χ4n) is 2.13. The first kappa shape index (κ1) is 10.1. The average molecular weight is 207 g/mol. The molecule has 0 spiro atoms. The number of carbonyl (C=O) groups excluding carboxylic acids is 1. The molecule has 0 saturated heterocycles. The fraction of sp³-hybridized carbons (Fsp3) is 0.417. The first-order valence-corrected chi connectivity index (χ1v) is 5.14. The van der Waals surface area contributed by atoms with E-state index in [1.165, 1.54) is 12.1 Å². The van der Waals surface area contributed by atoms with Crippen molar-refractivity contribution in [2.75, 3.05) is 11.4 Å². The number of halogens is 1. The van der Waals surface area contributed by atoms with E-state index < -0.39 is 0 Å². The Balaban J connectivity index is 2.46. The molecule has 1 aliphatic rings. The largest absolute Gasteiger partial charge is 0.312 e. The minimum absolute atomic E-state index is 0.0226. The van der Waals surface area contributed by atoms with E-state index >= 15 is 0 Å². The lowest BCUT2D eigenvalue weighted by Crippen LogP contribution is -2.37. The molecule has 0 N–H and O–H groups in total. The van der Waals surface area contributed by atoms with Crippen molar-refractivity contribution >= 4 is 11.6 Å². The van der Waals surface area contributed by atoms with Gasteiger partial charge in [0.05, 0.1) is 0 Å². The summed E-state index contributed by atoms with van der Waals surface area (Å²) in [7, 11) is 0. The summed E-state index contributed by atoms with van der Waals surface area (Å²) in [5.74, 6) is 0.184. The minimum atomic E-state index is -0.230. The number of fused-ring (bicyclic) bond motifs is 1. The molecule has 1 heterocycles. The number of hydrogen-bond donors (Lipinski definition) is 0. The first-order chi connectivity index (χ1) is 7.08. The molecule has 1 aliphatic heterocycles. The van der Waals surface area contributed by atoms with Crippen LogP contribution < -0.4 is 4.90 Å². The number of rotatable bonds is 0. The van der Waals surface area contributed by atoms with Crippen LogP contribution in [0.5, 0.6) is 0 Å². The van der Waals surface area contributed by atoms with Gasteiger partial charge in [-0.3, -0.25) is 4.79 Å². The van der Waals surface area contributed by atoms with Crippen LogP contribution in [0.3, 0.4) is 0 Å². The number of carbonyl (C=O) groups is 1. The van der Waals surface area contributed by atoms with Crippen LogP contribution in [-0.4, -0.2) is 12.5 Å². The molecule has 2 nitrogen and oxygen atoms in total. The number of benzene rings is 1. The van der Waals surface area contributed by atoms with E-state index in [0.29, 0.717) is 5.92 Å². The van der Waals surface area contributed by atoms with Crippen LogP contribution in [-0.2, 0) is 11.2 Å². The lowest BCUT2D eigenvalue weighted by Gasteiger charge is -2.32. The maximum atomic E-state index is 13.0. The van der Waals surface area contributed by atoms with Crippen molar-refractivity contribution in [1.29, 1.82) is 0 Å². The van der Waals surface area contributed by atoms with Gasteiger partial charge in [-0.05, 0) is 36.1 Å². The molecule has 3 heteroatoms. The standard InChI is InChI=1S/C12H14FNO/c1-8-5-10-6-11(13)3-4-12(10)14(7-8)9(2)15/h3-4,6,8H,5,7H2,1-2H3. The van der Waals surface area contributed by atoms with E-state index in [1.807, 2.05) is 0 Å². The highest BCUT2D eigenvalue weighted by molar-refractivity contribution is 5.92. The van der Waals surface area contributed by atoms with Gasteiger partial charge in [-0.1, -0.05) is 6.92 Å². The van der Waals surface area contributed by atoms with Crippen LogP contribution in [0.1, 0.15) is 19.4 Å². The molecule has 80 valence electrons. The lowest BCUT2D eigenvalue weighted by molar-refractivity contribution is -0.116. The van der Waals surface area contributed by atoms with Crippen LogP contribution in [0.2, 0.25) is 0 Å². The number of anilines is 1. The monoisotopic (exact) mass is 207 g/mol. The van der Waals surface area contributed by atoms with Gasteiger partial charge in [0.25, 0.3) is 0 Å². The summed E-state index contributed by atoms with van der Waals surface area (Å²) in [6.07, 6.45) is 0.844. The first-order valence-electron chi connectivity index (χ1n) is 5.14. The van der Waals surface area contributed by atoms with Gasteiger partial charge in [0.15, 0.2) is 0 Å². The molecule has 1 aromatic carbocycles. The van der Waals surface area contributed by atoms with Gasteiger partial charge in [-0.25, -0.2) is 4.39 Å². The van der Waals surface area contributed by atoms with Crippen molar-refractivity contribution in [3.05, 3.63) is 29.6 Å². The molecule has 15 heavy (non-hydrogen) atoms. The second-order valence-corrected chi connectivity index (χ2v) is 4.21. The van der Waals surface area contributed by atoms with E-state index in [2.05, 4.69) is 6.92 Å². The predicted octanol–water partition coefficient (Wildman–Crippen LogP) is 2.37. The van der Waals surface area contributed by atoms with Gasteiger partial charge < -0.3 is 4.90 Å². The molecule has 0 aromatic heterocycles. The molecule has 0 fully saturated rings. The highest BCUT2D eigenvalue weighted by Gasteiger charge is 2.24. The SMILES string of the molecule is CC(=O)N1CC(C)Cc2cc(F)ccc21. The summed E-state index contributed by atoms with van der Waals surface area (Å²) in [4.78, 5) is 13.1. The second kappa shape index (κ2) is 3.65. The third-order valence-electron chi connectivity index (χ3n) is 2.78. The Kier molecular flexibility index (Phi) is 2.47. The smallest absolute Gasteiger partial charge is 0.223 e. The molecule has 0 aliphatic carbocycles. The molecule has 1 atom stereocenters. The molecule has 0 bridgehead atoms. The highest BCUT2D eigenvalue weighted by atomic mass is 19.1. The van der Waals surface area contributed by atoms with Crippen molar-refractivity contribution in [3.8, 4) is 0 Å². The molecular weight excluding hydrogens is 193 g/mol. The Labute approximate surface area is 88.7 Å². The van der Waals surface area contributed by atoms with E-state index in [4.69, 9.17) is 0 Å². The van der Waals surface area contributed by atoms with Gasteiger partial charge >= 0.3 is 0 Å². The van der Waals surface area contributed by atoms with E-state index in [-0.39, 0.29) is 11.7 Å². The molecule has 1 aromatic rings. The fourth-order valence-corrected chi connectivity index (χ4v) is 2.13. The number of hydrogen-bond acceptors (Lipinski definition) is 1. The normalized spacial score (nSPS) is 19.9. The van der Waals surface area contributed by atoms with Crippen LogP contribution >= 0.6 is 0 Å². The lowest BCUT2D eigenvalue weighted by atomic mass is 9.94. The predicted molar refractivity (Wildman–Crippen MR) is 57.3 cm³/mol.